The van der Waals surface area contributed by atoms with E-state index in [0.717, 1.165) is 31.4 Å². The molecule has 1 aliphatic carbocycles. The highest BCUT2D eigenvalue weighted by molar-refractivity contribution is 5.19. The first-order valence-electron chi connectivity index (χ1n) is 6.33. The highest BCUT2D eigenvalue weighted by Crippen LogP contribution is 2.25. The molecule has 94 valence electrons. The maximum absolute atomic E-state index is 12.8. The van der Waals surface area contributed by atoms with E-state index in [1.807, 2.05) is 0 Å². The SMILES string of the molecule is CC(NCC1CCCC1O)c1ccc(F)cc1. The van der Waals surface area contributed by atoms with Crippen molar-refractivity contribution in [1.29, 1.82) is 0 Å². The van der Waals surface area contributed by atoms with Gasteiger partial charge in [0.1, 0.15) is 5.82 Å². The molecule has 2 N–H and O–H groups in total. The van der Waals surface area contributed by atoms with Crippen LogP contribution in [0.25, 0.3) is 0 Å². The first-order chi connectivity index (χ1) is 8.16. The number of hydrogen-bond donors (Lipinski definition) is 2. The summed E-state index contributed by atoms with van der Waals surface area (Å²) in [4.78, 5) is 0. The summed E-state index contributed by atoms with van der Waals surface area (Å²) in [5, 5.41) is 13.1. The number of rotatable bonds is 4. The maximum atomic E-state index is 12.8. The fourth-order valence-electron chi connectivity index (χ4n) is 2.45. The maximum Gasteiger partial charge on any atom is 0.123 e. The summed E-state index contributed by atoms with van der Waals surface area (Å²) in [5.74, 6) is 0.171. The minimum atomic E-state index is -0.202. The van der Waals surface area contributed by atoms with Crippen LogP contribution in [-0.4, -0.2) is 17.8 Å². The lowest BCUT2D eigenvalue weighted by molar-refractivity contribution is 0.130. The van der Waals surface area contributed by atoms with Gasteiger partial charge in [-0.25, -0.2) is 4.39 Å². The Hall–Kier alpha value is -0.930. The molecule has 3 atom stereocenters. The lowest BCUT2D eigenvalue weighted by atomic mass is 10.0. The zero-order chi connectivity index (χ0) is 12.3. The van der Waals surface area contributed by atoms with Crippen LogP contribution in [0.15, 0.2) is 24.3 Å². The molecular weight excluding hydrogens is 217 g/mol. The Balaban J connectivity index is 1.84. The molecule has 0 saturated heterocycles. The van der Waals surface area contributed by atoms with Gasteiger partial charge >= 0.3 is 0 Å². The summed E-state index contributed by atoms with van der Waals surface area (Å²) in [5.41, 5.74) is 1.08. The minimum absolute atomic E-state index is 0.150. The molecule has 17 heavy (non-hydrogen) atoms. The van der Waals surface area contributed by atoms with Crippen molar-refractivity contribution in [3.63, 3.8) is 0 Å². The normalized spacial score (nSPS) is 26.1. The second-order valence-electron chi connectivity index (χ2n) is 4.94. The number of benzene rings is 1. The largest absolute Gasteiger partial charge is 0.393 e. The predicted molar refractivity (Wildman–Crippen MR) is 66.2 cm³/mol. The molecule has 0 bridgehead atoms. The molecule has 2 rings (SSSR count). The van der Waals surface area contributed by atoms with Crippen molar-refractivity contribution in [2.24, 2.45) is 5.92 Å². The van der Waals surface area contributed by atoms with E-state index in [9.17, 15) is 9.50 Å². The Kier molecular flexibility index (Phi) is 4.13. The van der Waals surface area contributed by atoms with E-state index in [1.165, 1.54) is 12.1 Å². The summed E-state index contributed by atoms with van der Waals surface area (Å²) < 4.78 is 12.8. The molecule has 3 unspecified atom stereocenters. The van der Waals surface area contributed by atoms with E-state index in [0.29, 0.717) is 5.92 Å². The van der Waals surface area contributed by atoms with Crippen LogP contribution in [0.2, 0.25) is 0 Å². The van der Waals surface area contributed by atoms with Crippen molar-refractivity contribution in [3.05, 3.63) is 35.6 Å². The van der Waals surface area contributed by atoms with Crippen LogP contribution >= 0.6 is 0 Å². The molecule has 1 fully saturated rings. The Bertz CT molecular complexity index is 352. The van der Waals surface area contributed by atoms with Gasteiger partial charge < -0.3 is 10.4 Å². The molecule has 0 radical (unpaired) electrons. The van der Waals surface area contributed by atoms with Gasteiger partial charge in [0.25, 0.3) is 0 Å². The first kappa shape index (κ1) is 12.5. The molecule has 1 aliphatic rings. The number of halogens is 1. The number of aliphatic hydroxyl groups excluding tert-OH is 1. The minimum Gasteiger partial charge on any atom is -0.393 e. The summed E-state index contributed by atoms with van der Waals surface area (Å²) in [6.45, 7) is 2.90. The van der Waals surface area contributed by atoms with Crippen molar-refractivity contribution in [1.82, 2.24) is 5.32 Å². The van der Waals surface area contributed by atoms with Crippen LogP contribution in [0.4, 0.5) is 4.39 Å². The van der Waals surface area contributed by atoms with Crippen LogP contribution < -0.4 is 5.32 Å². The van der Waals surface area contributed by atoms with Crippen LogP contribution in [-0.2, 0) is 0 Å². The third-order valence-corrected chi connectivity index (χ3v) is 3.68. The van der Waals surface area contributed by atoms with Gasteiger partial charge in [0.05, 0.1) is 6.10 Å². The molecule has 3 heteroatoms. The van der Waals surface area contributed by atoms with Crippen LogP contribution in [0.5, 0.6) is 0 Å². The van der Waals surface area contributed by atoms with Gasteiger partial charge in [0, 0.05) is 12.6 Å². The highest BCUT2D eigenvalue weighted by atomic mass is 19.1. The summed E-state index contributed by atoms with van der Waals surface area (Å²) in [6.07, 6.45) is 3.00. The molecule has 2 nitrogen and oxygen atoms in total. The topological polar surface area (TPSA) is 32.3 Å². The Morgan fingerprint density at radius 1 is 1.35 bits per heavy atom. The zero-order valence-electron chi connectivity index (χ0n) is 10.2. The standard InChI is InChI=1S/C14H20FNO/c1-10(11-5-7-13(15)8-6-11)16-9-12-3-2-4-14(12)17/h5-8,10,12,14,16-17H,2-4,9H2,1H3. The highest BCUT2D eigenvalue weighted by Gasteiger charge is 2.25. The van der Waals surface area contributed by atoms with Crippen LogP contribution in [0.1, 0.15) is 37.8 Å². The molecule has 0 amide bonds. The number of aliphatic hydroxyl groups is 1. The van der Waals surface area contributed by atoms with Crippen LogP contribution in [0, 0.1) is 11.7 Å². The smallest absolute Gasteiger partial charge is 0.123 e. The van der Waals surface area contributed by atoms with Gasteiger partial charge in [-0.15, -0.1) is 0 Å². The summed E-state index contributed by atoms with van der Waals surface area (Å²) in [6, 6.07) is 6.77. The van der Waals surface area contributed by atoms with E-state index in [-0.39, 0.29) is 18.0 Å². The predicted octanol–water partition coefficient (Wildman–Crippen LogP) is 2.64. The summed E-state index contributed by atoms with van der Waals surface area (Å²) >= 11 is 0. The molecule has 0 heterocycles. The van der Waals surface area contributed by atoms with Gasteiger partial charge in [0.15, 0.2) is 0 Å². The second kappa shape index (κ2) is 5.61. The average molecular weight is 237 g/mol. The zero-order valence-corrected chi connectivity index (χ0v) is 10.2. The molecule has 0 aromatic heterocycles. The third-order valence-electron chi connectivity index (χ3n) is 3.68. The van der Waals surface area contributed by atoms with Crippen LogP contribution in [0.3, 0.4) is 0 Å². The molecule has 0 aliphatic heterocycles. The van der Waals surface area contributed by atoms with E-state index in [1.54, 1.807) is 12.1 Å². The fraction of sp³-hybridized carbons (Fsp3) is 0.571. The average Bonchev–Trinajstić information content (AvgIpc) is 2.73. The van der Waals surface area contributed by atoms with Crippen molar-refractivity contribution < 1.29 is 9.50 Å². The summed E-state index contributed by atoms with van der Waals surface area (Å²) in [7, 11) is 0. The number of nitrogens with one attached hydrogen (secondary N) is 1. The third kappa shape index (κ3) is 3.27. The number of hydrogen-bond acceptors (Lipinski definition) is 2. The van der Waals surface area contributed by atoms with Gasteiger partial charge in [-0.05, 0) is 43.4 Å². The molecule has 1 aromatic carbocycles. The fourth-order valence-corrected chi connectivity index (χ4v) is 2.45. The Labute approximate surface area is 102 Å². The monoisotopic (exact) mass is 237 g/mol. The van der Waals surface area contributed by atoms with Gasteiger partial charge in [-0.1, -0.05) is 18.6 Å². The molecule has 1 aromatic rings. The van der Waals surface area contributed by atoms with Crippen molar-refractivity contribution in [2.45, 2.75) is 38.3 Å². The first-order valence-corrected chi connectivity index (χ1v) is 6.33. The van der Waals surface area contributed by atoms with E-state index >= 15 is 0 Å². The molecular formula is C14H20FNO. The molecule has 1 saturated carbocycles. The van der Waals surface area contributed by atoms with Gasteiger partial charge in [-0.2, -0.15) is 0 Å². The lowest BCUT2D eigenvalue weighted by Gasteiger charge is -2.19. The van der Waals surface area contributed by atoms with E-state index in [2.05, 4.69) is 12.2 Å². The van der Waals surface area contributed by atoms with Crippen molar-refractivity contribution in [2.75, 3.05) is 6.54 Å². The lowest BCUT2D eigenvalue weighted by Crippen LogP contribution is -2.29. The van der Waals surface area contributed by atoms with Crippen molar-refractivity contribution in [3.8, 4) is 0 Å². The second-order valence-corrected chi connectivity index (χ2v) is 4.94. The Morgan fingerprint density at radius 3 is 2.65 bits per heavy atom. The van der Waals surface area contributed by atoms with Gasteiger partial charge in [-0.3, -0.25) is 0 Å². The molecule has 0 spiro atoms. The quantitative estimate of drug-likeness (QED) is 0.843. The Morgan fingerprint density at radius 2 is 2.06 bits per heavy atom. The van der Waals surface area contributed by atoms with E-state index < -0.39 is 0 Å². The van der Waals surface area contributed by atoms with Gasteiger partial charge in [0.2, 0.25) is 0 Å². The van der Waals surface area contributed by atoms with E-state index in [4.69, 9.17) is 0 Å². The van der Waals surface area contributed by atoms with Crippen molar-refractivity contribution >= 4 is 0 Å².